The monoisotopic (exact) mass is 534 g/mol. The quantitative estimate of drug-likeness (QED) is 0.554. The van der Waals surface area contributed by atoms with E-state index in [-0.39, 0.29) is 17.5 Å². The summed E-state index contributed by atoms with van der Waals surface area (Å²) >= 11 is 0. The number of aromatic nitrogens is 2. The first-order valence-electron chi connectivity index (χ1n) is 11.0. The number of morpholine rings is 1. The van der Waals surface area contributed by atoms with E-state index in [1.165, 1.54) is 0 Å². The number of benzene rings is 1. The van der Waals surface area contributed by atoms with E-state index in [4.69, 9.17) is 15.2 Å². The number of hydrogen-bond donors (Lipinski definition) is 2. The molecule has 0 aliphatic carbocycles. The zero-order valence-electron chi connectivity index (χ0n) is 19.3. The van der Waals surface area contributed by atoms with Gasteiger partial charge in [0.05, 0.1) is 31.2 Å². The van der Waals surface area contributed by atoms with E-state index in [2.05, 4.69) is 9.97 Å². The number of nitrogen functional groups attached to an aromatic ring is 1. The predicted octanol–water partition coefficient (Wildman–Crippen LogP) is 1.45. The molecular formula is C20H25F3N6O6S. The molecule has 0 atom stereocenters. The minimum absolute atomic E-state index is 0.0452. The first kappa shape index (κ1) is 26.0. The van der Waals surface area contributed by atoms with Crippen LogP contribution in [-0.2, 0) is 21.0 Å². The number of alkyl halides is 3. The van der Waals surface area contributed by atoms with Crippen molar-refractivity contribution >= 4 is 38.8 Å². The molecule has 16 heteroatoms. The Balaban J connectivity index is 1.70. The fourth-order valence-corrected chi connectivity index (χ4v) is 5.29. The van der Waals surface area contributed by atoms with Crippen molar-refractivity contribution in [2.24, 2.45) is 0 Å². The van der Waals surface area contributed by atoms with Gasteiger partial charge in [0.1, 0.15) is 22.0 Å². The maximum absolute atomic E-state index is 13.7. The van der Waals surface area contributed by atoms with Crippen LogP contribution in [0.1, 0.15) is 12.0 Å². The topological polar surface area (TPSA) is 151 Å². The van der Waals surface area contributed by atoms with E-state index in [0.717, 1.165) is 13.2 Å². The Kier molecular flexibility index (Phi) is 7.03. The van der Waals surface area contributed by atoms with E-state index < -0.39 is 43.7 Å². The van der Waals surface area contributed by atoms with E-state index in [9.17, 15) is 30.9 Å². The molecular weight excluding hydrogens is 509 g/mol. The summed E-state index contributed by atoms with van der Waals surface area (Å²) in [5.41, 5.74) is 3.98. The lowest BCUT2D eigenvalue weighted by Gasteiger charge is -2.32. The summed E-state index contributed by atoms with van der Waals surface area (Å²) in [5.74, 6) is -1.35. The van der Waals surface area contributed by atoms with Gasteiger partial charge in [-0.3, -0.25) is 4.55 Å². The number of methoxy groups -OCH3 is 1. The van der Waals surface area contributed by atoms with Gasteiger partial charge in [-0.25, -0.2) is 9.78 Å². The molecule has 4 rings (SSSR count). The molecule has 2 aromatic rings. The molecule has 2 aliphatic rings. The fourth-order valence-electron chi connectivity index (χ4n) is 4.35. The molecule has 3 heterocycles. The van der Waals surface area contributed by atoms with Crippen LogP contribution in [-0.4, -0.2) is 98.4 Å². The van der Waals surface area contributed by atoms with Gasteiger partial charge in [0, 0.05) is 45.3 Å². The third kappa shape index (κ3) is 5.05. The molecule has 3 N–H and O–H groups in total. The molecule has 2 saturated heterocycles. The molecule has 1 aromatic heterocycles. The first-order chi connectivity index (χ1) is 16.9. The lowest BCUT2D eigenvalue weighted by Crippen LogP contribution is -2.49. The molecule has 0 spiro atoms. The van der Waals surface area contributed by atoms with E-state index >= 15 is 0 Å². The highest BCUT2D eigenvalue weighted by atomic mass is 32.2. The number of anilines is 2. The molecule has 1 aromatic carbocycles. The highest BCUT2D eigenvalue weighted by Gasteiger charge is 2.43. The van der Waals surface area contributed by atoms with E-state index in [0.29, 0.717) is 58.9 Å². The normalized spacial score (nSPS) is 17.9. The second-order valence-corrected chi connectivity index (χ2v) is 9.63. The Labute approximate surface area is 204 Å². The largest absolute Gasteiger partial charge is 0.496 e. The van der Waals surface area contributed by atoms with Crippen LogP contribution in [0.25, 0.3) is 10.9 Å². The molecule has 2 fully saturated rings. The zero-order chi connectivity index (χ0) is 26.3. The van der Waals surface area contributed by atoms with Gasteiger partial charge in [0.15, 0.2) is 0 Å². The Morgan fingerprint density at radius 2 is 1.78 bits per heavy atom. The summed E-state index contributed by atoms with van der Waals surface area (Å²) in [4.78, 5) is 24.8. The zero-order valence-corrected chi connectivity index (χ0v) is 20.1. The van der Waals surface area contributed by atoms with Gasteiger partial charge in [0.2, 0.25) is 5.95 Å². The van der Waals surface area contributed by atoms with Crippen LogP contribution in [0.5, 0.6) is 5.75 Å². The van der Waals surface area contributed by atoms with Gasteiger partial charge in [-0.2, -0.15) is 26.6 Å². The molecule has 2 amide bonds. The summed E-state index contributed by atoms with van der Waals surface area (Å²) in [6.07, 6.45) is -4.62. The number of amides is 2. The third-order valence-corrected chi connectivity index (χ3v) is 6.94. The lowest BCUT2D eigenvalue weighted by atomic mass is 10.1. The number of fused-ring (bicyclic) bond motifs is 1. The number of carbonyl (C=O) groups excluding carboxylic acids is 1. The molecule has 12 nitrogen and oxygen atoms in total. The number of nitrogens with two attached hydrogens (primary N) is 1. The van der Waals surface area contributed by atoms with Gasteiger partial charge in [-0.05, 0) is 6.42 Å². The van der Waals surface area contributed by atoms with Crippen molar-refractivity contribution in [3.8, 4) is 5.75 Å². The van der Waals surface area contributed by atoms with Crippen molar-refractivity contribution in [2.75, 3.05) is 70.2 Å². The standard InChI is InChI=1S/C20H25F3N6O6S/c1-34-13-11-12-14(16(36(31,32)33)15(13)20(21,22)23)17(24)26-18(25-12)27-3-2-4-28(6-5-27)19(30)29-7-9-35-10-8-29/h11H,2-10H2,1H3,(H2,24,25,26)(H,31,32,33). The third-order valence-electron chi connectivity index (χ3n) is 6.01. The number of rotatable bonds is 3. The molecule has 0 unspecified atom stereocenters. The second kappa shape index (κ2) is 9.74. The van der Waals surface area contributed by atoms with Gasteiger partial charge >= 0.3 is 12.2 Å². The molecule has 0 bridgehead atoms. The van der Waals surface area contributed by atoms with E-state index in [1.54, 1.807) is 14.7 Å². The Bertz CT molecular complexity index is 1270. The maximum Gasteiger partial charge on any atom is 0.421 e. The number of nitrogens with zero attached hydrogens (tertiary/aromatic N) is 5. The minimum atomic E-state index is -5.40. The average molecular weight is 535 g/mol. The van der Waals surface area contributed by atoms with Crippen LogP contribution >= 0.6 is 0 Å². The fraction of sp³-hybridized carbons (Fsp3) is 0.550. The molecule has 2 aliphatic heterocycles. The van der Waals surface area contributed by atoms with Gasteiger partial charge in [-0.15, -0.1) is 0 Å². The van der Waals surface area contributed by atoms with Crippen molar-refractivity contribution in [3.63, 3.8) is 0 Å². The predicted molar refractivity (Wildman–Crippen MR) is 122 cm³/mol. The number of carbonyl (C=O) groups is 1. The minimum Gasteiger partial charge on any atom is -0.496 e. The second-order valence-electron chi connectivity index (χ2n) is 8.27. The summed E-state index contributed by atoms with van der Waals surface area (Å²) in [6, 6.07) is 0.793. The summed E-state index contributed by atoms with van der Waals surface area (Å²) < 4.78 is 85.0. The van der Waals surface area contributed by atoms with Crippen molar-refractivity contribution < 1.29 is 40.4 Å². The molecule has 198 valence electrons. The highest BCUT2D eigenvalue weighted by Crippen LogP contribution is 2.45. The van der Waals surface area contributed by atoms with Crippen molar-refractivity contribution in [2.45, 2.75) is 17.5 Å². The Morgan fingerprint density at radius 1 is 1.11 bits per heavy atom. The van der Waals surface area contributed by atoms with E-state index in [1.807, 2.05) is 0 Å². The number of hydrogen-bond acceptors (Lipinski definition) is 9. The number of ether oxygens (including phenoxy) is 2. The summed E-state index contributed by atoms with van der Waals surface area (Å²) in [6.45, 7) is 3.49. The Morgan fingerprint density at radius 3 is 2.39 bits per heavy atom. The van der Waals surface area contributed by atoms with Crippen LogP contribution in [0.3, 0.4) is 0 Å². The van der Waals surface area contributed by atoms with Gasteiger partial charge in [-0.1, -0.05) is 0 Å². The van der Waals surface area contributed by atoms with Crippen LogP contribution < -0.4 is 15.4 Å². The van der Waals surface area contributed by atoms with Gasteiger partial charge < -0.3 is 29.9 Å². The smallest absolute Gasteiger partial charge is 0.421 e. The average Bonchev–Trinajstić information content (AvgIpc) is 3.08. The number of halogens is 3. The molecule has 36 heavy (non-hydrogen) atoms. The van der Waals surface area contributed by atoms with Crippen molar-refractivity contribution in [3.05, 3.63) is 11.6 Å². The number of urea groups is 1. The van der Waals surface area contributed by atoms with Gasteiger partial charge in [0.25, 0.3) is 10.1 Å². The SMILES string of the molecule is COc1cc2nc(N3CCCN(C(=O)N4CCOCC4)CC3)nc(N)c2c(S(=O)(=O)O)c1C(F)(F)F. The summed E-state index contributed by atoms with van der Waals surface area (Å²) in [7, 11) is -4.47. The summed E-state index contributed by atoms with van der Waals surface area (Å²) in [5, 5.41) is -0.659. The maximum atomic E-state index is 13.7. The van der Waals surface area contributed by atoms with Crippen LogP contribution in [0.15, 0.2) is 11.0 Å². The highest BCUT2D eigenvalue weighted by molar-refractivity contribution is 7.86. The van der Waals surface area contributed by atoms with Crippen molar-refractivity contribution in [1.29, 1.82) is 0 Å². The molecule has 0 saturated carbocycles. The van der Waals surface area contributed by atoms with Crippen molar-refractivity contribution in [1.82, 2.24) is 19.8 Å². The first-order valence-corrected chi connectivity index (χ1v) is 12.4. The van der Waals surface area contributed by atoms with Crippen LogP contribution in [0.2, 0.25) is 0 Å². The molecule has 0 radical (unpaired) electrons. The lowest BCUT2D eigenvalue weighted by molar-refractivity contribution is -0.141. The van der Waals surface area contributed by atoms with Crippen LogP contribution in [0.4, 0.5) is 29.7 Å². The Hall–Kier alpha value is -3.11. The van der Waals surface area contributed by atoms with Crippen LogP contribution in [0, 0.1) is 0 Å².